The minimum atomic E-state index is -0.000275. The van der Waals surface area contributed by atoms with E-state index in [-0.39, 0.29) is 11.3 Å². The Bertz CT molecular complexity index is 918. The highest BCUT2D eigenvalue weighted by molar-refractivity contribution is 5.97. The second kappa shape index (κ2) is 8.91. The molecule has 0 bridgehead atoms. The van der Waals surface area contributed by atoms with E-state index in [1.807, 2.05) is 41.3 Å². The van der Waals surface area contributed by atoms with Crippen molar-refractivity contribution in [3.05, 3.63) is 53.6 Å². The van der Waals surface area contributed by atoms with Gasteiger partial charge in [0.1, 0.15) is 6.61 Å². The maximum atomic E-state index is 13.2. The van der Waals surface area contributed by atoms with E-state index in [0.29, 0.717) is 24.7 Å². The molecular formula is C26H34N2O3. The lowest BCUT2D eigenvalue weighted by molar-refractivity contribution is -0.119. The van der Waals surface area contributed by atoms with Gasteiger partial charge in [0.25, 0.3) is 0 Å². The first-order valence-electron chi connectivity index (χ1n) is 11.3. The van der Waals surface area contributed by atoms with Crippen LogP contribution in [0.15, 0.2) is 42.5 Å². The molecule has 2 aromatic rings. The van der Waals surface area contributed by atoms with Gasteiger partial charge in [0.2, 0.25) is 5.91 Å². The van der Waals surface area contributed by atoms with E-state index in [0.717, 1.165) is 49.5 Å². The average Bonchev–Trinajstić information content (AvgIpc) is 3.07. The lowest BCUT2D eigenvalue weighted by Crippen LogP contribution is -2.45. The summed E-state index contributed by atoms with van der Waals surface area (Å²) in [5.74, 6) is 1.96. The molecule has 0 N–H and O–H groups in total. The number of amides is 1. The number of nitrogens with zero attached hydrogens (tertiary/aromatic N) is 2. The SMILES string of the molecule is COc1cc2c(cc1OCc1ccccc1)N(C(=O)CC(C)C)CC21CCN(C)CC1. The summed E-state index contributed by atoms with van der Waals surface area (Å²) in [5.41, 5.74) is 3.34. The first kappa shape index (κ1) is 21.7. The van der Waals surface area contributed by atoms with Crippen LogP contribution < -0.4 is 14.4 Å². The standard InChI is InChI=1S/C26H34N2O3/c1-19(2)14-25(29)28-18-26(10-12-27(3)13-11-26)21-15-23(30-4)24(16-22(21)28)31-17-20-8-6-5-7-9-20/h5-9,15-16,19H,10-14,17-18H2,1-4H3. The van der Waals surface area contributed by atoms with Crippen molar-refractivity contribution in [1.29, 1.82) is 0 Å². The topological polar surface area (TPSA) is 42.0 Å². The molecule has 0 saturated carbocycles. The van der Waals surface area contributed by atoms with Crippen molar-refractivity contribution in [3.63, 3.8) is 0 Å². The molecular weight excluding hydrogens is 388 g/mol. The highest BCUT2D eigenvalue weighted by Crippen LogP contribution is 2.51. The Hall–Kier alpha value is -2.53. The summed E-state index contributed by atoms with van der Waals surface area (Å²) in [4.78, 5) is 17.6. The number of rotatable bonds is 6. The number of methoxy groups -OCH3 is 1. The first-order valence-corrected chi connectivity index (χ1v) is 11.3. The summed E-state index contributed by atoms with van der Waals surface area (Å²) < 4.78 is 11.9. The van der Waals surface area contributed by atoms with Crippen LogP contribution in [0.2, 0.25) is 0 Å². The number of hydrogen-bond donors (Lipinski definition) is 0. The highest BCUT2D eigenvalue weighted by atomic mass is 16.5. The van der Waals surface area contributed by atoms with Gasteiger partial charge in [0.15, 0.2) is 11.5 Å². The number of fused-ring (bicyclic) bond motifs is 2. The Morgan fingerprint density at radius 2 is 1.81 bits per heavy atom. The third kappa shape index (κ3) is 4.42. The Balaban J connectivity index is 1.70. The fraction of sp³-hybridized carbons (Fsp3) is 0.500. The number of carbonyl (C=O) groups is 1. The molecule has 1 amide bonds. The molecule has 0 aromatic heterocycles. The molecule has 0 atom stereocenters. The molecule has 1 spiro atoms. The van der Waals surface area contributed by atoms with E-state index < -0.39 is 0 Å². The summed E-state index contributed by atoms with van der Waals surface area (Å²) in [6.07, 6.45) is 2.66. The van der Waals surface area contributed by atoms with Crippen LogP contribution in [0.5, 0.6) is 11.5 Å². The second-order valence-corrected chi connectivity index (χ2v) is 9.46. The minimum absolute atomic E-state index is 0.000275. The van der Waals surface area contributed by atoms with Gasteiger partial charge in [-0.3, -0.25) is 4.79 Å². The van der Waals surface area contributed by atoms with E-state index >= 15 is 0 Å². The zero-order chi connectivity index (χ0) is 22.0. The summed E-state index contributed by atoms with van der Waals surface area (Å²) in [5, 5.41) is 0. The van der Waals surface area contributed by atoms with E-state index in [2.05, 4.69) is 31.9 Å². The van der Waals surface area contributed by atoms with Gasteiger partial charge in [-0.05, 0) is 56.1 Å². The lowest BCUT2D eigenvalue weighted by atomic mass is 9.74. The third-order valence-corrected chi connectivity index (χ3v) is 6.67. The van der Waals surface area contributed by atoms with Gasteiger partial charge < -0.3 is 19.3 Å². The minimum Gasteiger partial charge on any atom is -0.493 e. The van der Waals surface area contributed by atoms with Crippen molar-refractivity contribution in [2.75, 3.05) is 38.7 Å². The predicted molar refractivity (Wildman–Crippen MR) is 124 cm³/mol. The van der Waals surface area contributed by atoms with Gasteiger partial charge in [-0.2, -0.15) is 0 Å². The van der Waals surface area contributed by atoms with Gasteiger partial charge in [-0.15, -0.1) is 0 Å². The van der Waals surface area contributed by atoms with E-state index in [1.54, 1.807) is 7.11 Å². The first-order chi connectivity index (χ1) is 14.9. The molecule has 2 aliphatic rings. The third-order valence-electron chi connectivity index (χ3n) is 6.67. The molecule has 1 saturated heterocycles. The fourth-order valence-corrected chi connectivity index (χ4v) is 4.83. The van der Waals surface area contributed by atoms with Crippen LogP contribution in [-0.2, 0) is 16.8 Å². The molecule has 166 valence electrons. The van der Waals surface area contributed by atoms with Crippen molar-refractivity contribution in [2.45, 2.75) is 45.1 Å². The molecule has 4 rings (SSSR count). The maximum Gasteiger partial charge on any atom is 0.227 e. The molecule has 2 aromatic carbocycles. The molecule has 0 aliphatic carbocycles. The number of hydrogen-bond acceptors (Lipinski definition) is 4. The molecule has 31 heavy (non-hydrogen) atoms. The zero-order valence-corrected chi connectivity index (χ0v) is 19.2. The van der Waals surface area contributed by atoms with Crippen LogP contribution in [0.25, 0.3) is 0 Å². The van der Waals surface area contributed by atoms with Crippen LogP contribution in [0.4, 0.5) is 5.69 Å². The smallest absolute Gasteiger partial charge is 0.227 e. The van der Waals surface area contributed by atoms with E-state index in [1.165, 1.54) is 5.56 Å². The van der Waals surface area contributed by atoms with Crippen LogP contribution in [-0.4, -0.2) is 44.6 Å². The van der Waals surface area contributed by atoms with Crippen molar-refractivity contribution in [1.82, 2.24) is 4.90 Å². The van der Waals surface area contributed by atoms with Crippen LogP contribution >= 0.6 is 0 Å². The number of ether oxygens (including phenoxy) is 2. The Morgan fingerprint density at radius 3 is 2.45 bits per heavy atom. The lowest BCUT2D eigenvalue weighted by Gasteiger charge is -2.38. The largest absolute Gasteiger partial charge is 0.493 e. The zero-order valence-electron chi connectivity index (χ0n) is 19.2. The van der Waals surface area contributed by atoms with Gasteiger partial charge in [0.05, 0.1) is 12.8 Å². The molecule has 1 fully saturated rings. The van der Waals surface area contributed by atoms with Crippen LogP contribution in [0, 0.1) is 5.92 Å². The van der Waals surface area contributed by atoms with Crippen molar-refractivity contribution < 1.29 is 14.3 Å². The summed E-state index contributed by atoms with van der Waals surface area (Å²) in [6, 6.07) is 14.3. The second-order valence-electron chi connectivity index (χ2n) is 9.46. The monoisotopic (exact) mass is 422 g/mol. The quantitative estimate of drug-likeness (QED) is 0.681. The molecule has 5 heteroatoms. The van der Waals surface area contributed by atoms with Gasteiger partial charge in [-0.1, -0.05) is 44.2 Å². The fourth-order valence-electron chi connectivity index (χ4n) is 4.83. The number of carbonyl (C=O) groups excluding carboxylic acids is 1. The summed E-state index contributed by atoms with van der Waals surface area (Å²) in [6.45, 7) is 7.50. The number of piperidine rings is 1. The van der Waals surface area contributed by atoms with Gasteiger partial charge in [0, 0.05) is 24.4 Å². The molecule has 2 aliphatic heterocycles. The summed E-state index contributed by atoms with van der Waals surface area (Å²) in [7, 11) is 3.86. The predicted octanol–water partition coefficient (Wildman–Crippen LogP) is 4.63. The van der Waals surface area contributed by atoms with Crippen LogP contribution in [0.3, 0.4) is 0 Å². The summed E-state index contributed by atoms with van der Waals surface area (Å²) >= 11 is 0. The number of likely N-dealkylation sites (tertiary alicyclic amines) is 1. The van der Waals surface area contributed by atoms with E-state index in [4.69, 9.17) is 9.47 Å². The Morgan fingerprint density at radius 1 is 1.10 bits per heavy atom. The Labute approximate surface area is 185 Å². The van der Waals surface area contributed by atoms with Crippen molar-refractivity contribution in [3.8, 4) is 11.5 Å². The Kier molecular flexibility index (Phi) is 6.24. The van der Waals surface area contributed by atoms with Crippen molar-refractivity contribution in [2.24, 2.45) is 5.92 Å². The molecule has 2 heterocycles. The molecule has 0 unspecified atom stereocenters. The average molecular weight is 423 g/mol. The van der Waals surface area contributed by atoms with Crippen molar-refractivity contribution >= 4 is 11.6 Å². The highest BCUT2D eigenvalue weighted by Gasteiger charge is 2.46. The van der Waals surface area contributed by atoms with Gasteiger partial charge in [-0.25, -0.2) is 0 Å². The number of anilines is 1. The number of benzene rings is 2. The maximum absolute atomic E-state index is 13.2. The van der Waals surface area contributed by atoms with E-state index in [9.17, 15) is 4.79 Å². The normalized spacial score (nSPS) is 17.8. The molecule has 5 nitrogen and oxygen atoms in total. The molecule has 0 radical (unpaired) electrons. The van der Waals surface area contributed by atoms with Gasteiger partial charge >= 0.3 is 0 Å². The van der Waals surface area contributed by atoms with Crippen LogP contribution in [0.1, 0.15) is 44.2 Å².